The fourth-order valence-electron chi connectivity index (χ4n) is 3.21. The topological polar surface area (TPSA) is 64.7 Å². The van der Waals surface area contributed by atoms with Crippen LogP contribution < -0.4 is 10.6 Å². The smallest absolute Gasteiger partial charge is 0.317 e. The summed E-state index contributed by atoms with van der Waals surface area (Å²) in [5.41, 5.74) is 2.03. The van der Waals surface area contributed by atoms with Crippen molar-refractivity contribution < 1.29 is 9.59 Å². The van der Waals surface area contributed by atoms with Crippen LogP contribution in [0.4, 0.5) is 10.5 Å². The molecule has 144 valence electrons. The summed E-state index contributed by atoms with van der Waals surface area (Å²) in [6, 6.07) is 8.15. The lowest BCUT2D eigenvalue weighted by molar-refractivity contribution is -0.117. The Hall–Kier alpha value is -2.08. The van der Waals surface area contributed by atoms with Gasteiger partial charge >= 0.3 is 6.03 Å². The maximum Gasteiger partial charge on any atom is 0.317 e. The van der Waals surface area contributed by atoms with E-state index in [1.807, 2.05) is 29.2 Å². The van der Waals surface area contributed by atoms with Crippen LogP contribution in [0.5, 0.6) is 0 Å². The Bertz CT molecular complexity index is 593. The molecule has 1 aromatic carbocycles. The second-order valence-electron chi connectivity index (χ2n) is 6.78. The first kappa shape index (κ1) is 20.2. The number of amides is 3. The molecule has 6 heteroatoms. The van der Waals surface area contributed by atoms with Crippen molar-refractivity contribution in [2.75, 3.05) is 38.0 Å². The van der Waals surface area contributed by atoms with Gasteiger partial charge < -0.3 is 15.5 Å². The zero-order chi connectivity index (χ0) is 18.9. The van der Waals surface area contributed by atoms with Gasteiger partial charge in [0.2, 0.25) is 5.91 Å². The second kappa shape index (κ2) is 10.2. The summed E-state index contributed by atoms with van der Waals surface area (Å²) in [5, 5.41) is 6.09. The first-order valence-corrected chi connectivity index (χ1v) is 9.72. The Morgan fingerprint density at radius 1 is 1.04 bits per heavy atom. The van der Waals surface area contributed by atoms with Crippen molar-refractivity contribution in [3.8, 4) is 0 Å². The number of para-hydroxylation sites is 1. The zero-order valence-corrected chi connectivity index (χ0v) is 16.3. The fraction of sp³-hybridized carbons (Fsp3) is 0.600. The van der Waals surface area contributed by atoms with Crippen LogP contribution in [0, 0.1) is 0 Å². The predicted octanol–water partition coefficient (Wildman–Crippen LogP) is 2.70. The van der Waals surface area contributed by atoms with Gasteiger partial charge in [0.15, 0.2) is 0 Å². The minimum Gasteiger partial charge on any atom is -0.335 e. The lowest BCUT2D eigenvalue weighted by atomic mass is 10.1. The maximum atomic E-state index is 12.3. The standard InChI is InChI=1S/C20H32N4O2/c1-4-16-9-7-8-10-18(16)22-19(25)15-23-11-13-24(14-12-23)20(26)21-17(5-2)6-3/h7-10,17H,4-6,11-15H2,1-3H3,(H,21,26)(H,22,25). The third-order valence-electron chi connectivity index (χ3n) is 5.01. The third-order valence-corrected chi connectivity index (χ3v) is 5.01. The van der Waals surface area contributed by atoms with E-state index in [0.29, 0.717) is 19.6 Å². The molecule has 0 atom stereocenters. The van der Waals surface area contributed by atoms with Crippen LogP contribution in [0.3, 0.4) is 0 Å². The average molecular weight is 361 g/mol. The fourth-order valence-corrected chi connectivity index (χ4v) is 3.21. The first-order valence-electron chi connectivity index (χ1n) is 9.72. The molecule has 26 heavy (non-hydrogen) atoms. The highest BCUT2D eigenvalue weighted by molar-refractivity contribution is 5.93. The van der Waals surface area contributed by atoms with E-state index in [4.69, 9.17) is 0 Å². The minimum atomic E-state index is 0.000770. The number of benzene rings is 1. The lowest BCUT2D eigenvalue weighted by Gasteiger charge is -2.35. The number of carbonyl (C=O) groups excluding carboxylic acids is 2. The molecule has 1 aromatic rings. The van der Waals surface area contributed by atoms with Crippen molar-refractivity contribution >= 4 is 17.6 Å². The molecular weight excluding hydrogens is 328 g/mol. The number of anilines is 1. The number of nitrogens with zero attached hydrogens (tertiary/aromatic N) is 2. The number of piperazine rings is 1. The number of hydrogen-bond donors (Lipinski definition) is 2. The van der Waals surface area contributed by atoms with Crippen LogP contribution in [0.2, 0.25) is 0 Å². The molecule has 1 heterocycles. The van der Waals surface area contributed by atoms with E-state index in [1.54, 1.807) is 0 Å². The second-order valence-corrected chi connectivity index (χ2v) is 6.78. The molecule has 0 bridgehead atoms. The Morgan fingerprint density at radius 3 is 2.31 bits per heavy atom. The lowest BCUT2D eigenvalue weighted by Crippen LogP contribution is -2.54. The summed E-state index contributed by atoms with van der Waals surface area (Å²) in [6.45, 7) is 9.37. The largest absolute Gasteiger partial charge is 0.335 e. The summed E-state index contributed by atoms with van der Waals surface area (Å²) < 4.78 is 0. The summed E-state index contributed by atoms with van der Waals surface area (Å²) in [7, 11) is 0. The van der Waals surface area contributed by atoms with Gasteiger partial charge in [-0.2, -0.15) is 0 Å². The molecule has 0 saturated carbocycles. The summed E-state index contributed by atoms with van der Waals surface area (Å²) in [4.78, 5) is 28.6. The van der Waals surface area contributed by atoms with Crippen LogP contribution in [-0.4, -0.2) is 60.5 Å². The molecule has 2 N–H and O–H groups in total. The van der Waals surface area contributed by atoms with Crippen LogP contribution in [-0.2, 0) is 11.2 Å². The maximum absolute atomic E-state index is 12.3. The predicted molar refractivity (Wildman–Crippen MR) is 105 cm³/mol. The molecule has 3 amide bonds. The van der Waals surface area contributed by atoms with E-state index in [0.717, 1.165) is 43.6 Å². The van der Waals surface area contributed by atoms with Gasteiger partial charge in [-0.05, 0) is 30.9 Å². The highest BCUT2D eigenvalue weighted by atomic mass is 16.2. The van der Waals surface area contributed by atoms with Gasteiger partial charge in [0.05, 0.1) is 6.54 Å². The van der Waals surface area contributed by atoms with Gasteiger partial charge in [-0.3, -0.25) is 9.69 Å². The summed E-state index contributed by atoms with van der Waals surface area (Å²) >= 11 is 0. The third kappa shape index (κ3) is 5.73. The van der Waals surface area contributed by atoms with E-state index in [1.165, 1.54) is 0 Å². The van der Waals surface area contributed by atoms with Gasteiger partial charge in [-0.25, -0.2) is 4.79 Å². The molecule has 1 saturated heterocycles. The molecule has 0 aliphatic carbocycles. The molecule has 2 rings (SSSR count). The van der Waals surface area contributed by atoms with Crippen LogP contribution in [0.1, 0.15) is 39.2 Å². The Kier molecular flexibility index (Phi) is 7.91. The van der Waals surface area contributed by atoms with Gasteiger partial charge in [-0.15, -0.1) is 0 Å². The minimum absolute atomic E-state index is 0.000770. The normalized spacial score (nSPS) is 15.2. The Labute approximate surface area is 156 Å². The number of hydrogen-bond acceptors (Lipinski definition) is 3. The van der Waals surface area contributed by atoms with Crippen molar-refractivity contribution in [2.24, 2.45) is 0 Å². The molecule has 1 aliphatic heterocycles. The number of aryl methyl sites for hydroxylation is 1. The molecule has 0 aromatic heterocycles. The number of nitrogens with one attached hydrogen (secondary N) is 2. The van der Waals surface area contributed by atoms with Crippen molar-refractivity contribution in [1.29, 1.82) is 0 Å². The van der Waals surface area contributed by atoms with Gasteiger partial charge in [-0.1, -0.05) is 39.0 Å². The van der Waals surface area contributed by atoms with Crippen molar-refractivity contribution in [2.45, 2.75) is 46.1 Å². The van der Waals surface area contributed by atoms with Crippen molar-refractivity contribution in [3.05, 3.63) is 29.8 Å². The van der Waals surface area contributed by atoms with E-state index < -0.39 is 0 Å². The molecular formula is C20H32N4O2. The van der Waals surface area contributed by atoms with Crippen LogP contribution >= 0.6 is 0 Å². The van der Waals surface area contributed by atoms with E-state index >= 15 is 0 Å². The molecule has 0 spiro atoms. The quantitative estimate of drug-likeness (QED) is 0.786. The van der Waals surface area contributed by atoms with E-state index in [9.17, 15) is 9.59 Å². The SMILES string of the molecule is CCc1ccccc1NC(=O)CN1CCN(C(=O)NC(CC)CC)CC1. The molecule has 1 fully saturated rings. The van der Waals surface area contributed by atoms with Crippen molar-refractivity contribution in [1.82, 2.24) is 15.1 Å². The van der Waals surface area contributed by atoms with Gasteiger partial charge in [0, 0.05) is 37.9 Å². The molecule has 1 aliphatic rings. The monoisotopic (exact) mass is 360 g/mol. The number of urea groups is 1. The highest BCUT2D eigenvalue weighted by Gasteiger charge is 2.23. The van der Waals surface area contributed by atoms with Crippen molar-refractivity contribution in [3.63, 3.8) is 0 Å². The van der Waals surface area contributed by atoms with E-state index in [-0.39, 0.29) is 18.0 Å². The number of carbonyl (C=O) groups is 2. The van der Waals surface area contributed by atoms with Crippen LogP contribution in [0.25, 0.3) is 0 Å². The first-order chi connectivity index (χ1) is 12.6. The molecule has 0 unspecified atom stereocenters. The summed E-state index contributed by atoms with van der Waals surface area (Å²) in [6.07, 6.45) is 2.78. The molecule has 0 radical (unpaired) electrons. The molecule has 6 nitrogen and oxygen atoms in total. The van der Waals surface area contributed by atoms with Gasteiger partial charge in [0.25, 0.3) is 0 Å². The Morgan fingerprint density at radius 2 is 1.69 bits per heavy atom. The average Bonchev–Trinajstić information content (AvgIpc) is 2.66. The van der Waals surface area contributed by atoms with Gasteiger partial charge in [0.1, 0.15) is 0 Å². The van der Waals surface area contributed by atoms with E-state index in [2.05, 4.69) is 36.3 Å². The Balaban J connectivity index is 1.77. The van der Waals surface area contributed by atoms with Crippen LogP contribution in [0.15, 0.2) is 24.3 Å². The summed E-state index contributed by atoms with van der Waals surface area (Å²) in [5.74, 6) is 0.000770. The number of rotatable bonds is 7. The highest BCUT2D eigenvalue weighted by Crippen LogP contribution is 2.15. The zero-order valence-electron chi connectivity index (χ0n) is 16.3.